The maximum Gasteiger partial charge on any atom is 0.0686 e. The van der Waals surface area contributed by atoms with Gasteiger partial charge in [-0.15, -0.1) is 0 Å². The van der Waals surface area contributed by atoms with Crippen LogP contribution in [0.1, 0.15) is 57.1 Å². The molecule has 1 aromatic rings. The summed E-state index contributed by atoms with van der Waals surface area (Å²) >= 11 is 3.74. The Labute approximate surface area is 136 Å². The molecule has 2 aliphatic rings. The van der Waals surface area contributed by atoms with Crippen molar-refractivity contribution < 1.29 is 4.74 Å². The van der Waals surface area contributed by atoms with Crippen LogP contribution >= 0.6 is 15.9 Å². The average Bonchev–Trinajstić information content (AvgIpc) is 2.48. The number of benzene rings is 1. The summed E-state index contributed by atoms with van der Waals surface area (Å²) in [6.45, 7) is 4.25. The number of halogens is 1. The molecule has 21 heavy (non-hydrogen) atoms. The Balaban J connectivity index is 1.80. The van der Waals surface area contributed by atoms with Gasteiger partial charge in [0.15, 0.2) is 0 Å². The van der Waals surface area contributed by atoms with Crippen molar-refractivity contribution in [2.45, 2.75) is 57.1 Å². The molecule has 2 fully saturated rings. The molecule has 1 heterocycles. The largest absolute Gasteiger partial charge is 0.375 e. The zero-order valence-corrected chi connectivity index (χ0v) is 14.5. The zero-order chi connectivity index (χ0) is 14.7. The normalized spacial score (nSPS) is 25.5. The SMILES string of the molecule is CCCNC(c1ccccc1Br)C1CCOC2(CCC2)C1. The van der Waals surface area contributed by atoms with E-state index in [4.69, 9.17) is 4.74 Å². The van der Waals surface area contributed by atoms with Crippen LogP contribution in [0.5, 0.6) is 0 Å². The maximum atomic E-state index is 6.11. The van der Waals surface area contributed by atoms with Gasteiger partial charge in [0.05, 0.1) is 5.60 Å². The van der Waals surface area contributed by atoms with E-state index in [1.165, 1.54) is 48.6 Å². The van der Waals surface area contributed by atoms with E-state index in [2.05, 4.69) is 52.4 Å². The summed E-state index contributed by atoms with van der Waals surface area (Å²) in [4.78, 5) is 0. The molecular weight excluding hydrogens is 326 g/mol. The number of hydrogen-bond donors (Lipinski definition) is 1. The van der Waals surface area contributed by atoms with E-state index in [1.807, 2.05) is 0 Å². The van der Waals surface area contributed by atoms with Gasteiger partial charge in [0.1, 0.15) is 0 Å². The standard InChI is InChI=1S/C18H26BrNO/c1-2-11-20-17(15-6-3-4-7-16(15)19)14-8-12-21-18(13-14)9-5-10-18/h3-4,6-7,14,17,20H,2,5,8-13H2,1H3. The molecular formula is C18H26BrNO. The fraction of sp³-hybridized carbons (Fsp3) is 0.667. The minimum absolute atomic E-state index is 0.219. The molecule has 1 saturated carbocycles. The van der Waals surface area contributed by atoms with Crippen molar-refractivity contribution in [2.24, 2.45) is 5.92 Å². The minimum atomic E-state index is 0.219. The lowest BCUT2D eigenvalue weighted by molar-refractivity contribution is -0.147. The van der Waals surface area contributed by atoms with Crippen LogP contribution in [0.15, 0.2) is 28.7 Å². The van der Waals surface area contributed by atoms with Crippen molar-refractivity contribution in [1.29, 1.82) is 0 Å². The highest BCUT2D eigenvalue weighted by Gasteiger charge is 2.44. The van der Waals surface area contributed by atoms with Gasteiger partial charge >= 0.3 is 0 Å². The van der Waals surface area contributed by atoms with Crippen LogP contribution in [-0.2, 0) is 4.74 Å². The summed E-state index contributed by atoms with van der Waals surface area (Å²) in [5.41, 5.74) is 1.63. The minimum Gasteiger partial charge on any atom is -0.375 e. The fourth-order valence-corrected chi connectivity index (χ4v) is 4.36. The Hall–Kier alpha value is -0.380. The molecule has 1 spiro atoms. The van der Waals surface area contributed by atoms with E-state index in [9.17, 15) is 0 Å². The van der Waals surface area contributed by atoms with Crippen molar-refractivity contribution in [3.63, 3.8) is 0 Å². The van der Waals surface area contributed by atoms with Gasteiger partial charge in [0.25, 0.3) is 0 Å². The molecule has 0 amide bonds. The van der Waals surface area contributed by atoms with Crippen LogP contribution in [0.4, 0.5) is 0 Å². The predicted molar refractivity (Wildman–Crippen MR) is 90.4 cm³/mol. The van der Waals surface area contributed by atoms with Crippen LogP contribution < -0.4 is 5.32 Å². The number of rotatable bonds is 5. The van der Waals surface area contributed by atoms with Gasteiger partial charge in [0.2, 0.25) is 0 Å². The average molecular weight is 352 g/mol. The molecule has 2 unspecified atom stereocenters. The van der Waals surface area contributed by atoms with E-state index in [-0.39, 0.29) is 5.60 Å². The summed E-state index contributed by atoms with van der Waals surface area (Å²) in [7, 11) is 0. The number of nitrogens with one attached hydrogen (secondary N) is 1. The molecule has 1 aliphatic carbocycles. The second-order valence-corrected chi connectivity index (χ2v) is 7.45. The summed E-state index contributed by atoms with van der Waals surface area (Å²) < 4.78 is 7.34. The highest BCUT2D eigenvalue weighted by atomic mass is 79.9. The lowest BCUT2D eigenvalue weighted by Gasteiger charge is -2.49. The monoisotopic (exact) mass is 351 g/mol. The Morgan fingerprint density at radius 1 is 1.38 bits per heavy atom. The molecule has 2 atom stereocenters. The van der Waals surface area contributed by atoms with Crippen LogP contribution in [0.2, 0.25) is 0 Å². The van der Waals surface area contributed by atoms with Gasteiger partial charge in [-0.2, -0.15) is 0 Å². The molecule has 116 valence electrons. The van der Waals surface area contributed by atoms with Gasteiger partial charge in [-0.05, 0) is 62.6 Å². The third-order valence-electron chi connectivity index (χ3n) is 5.12. The molecule has 0 radical (unpaired) electrons. The van der Waals surface area contributed by atoms with Crippen molar-refractivity contribution >= 4 is 15.9 Å². The summed E-state index contributed by atoms with van der Waals surface area (Å²) in [5, 5.41) is 3.80. The lowest BCUT2D eigenvalue weighted by Crippen LogP contribution is -2.48. The van der Waals surface area contributed by atoms with Crippen molar-refractivity contribution in [2.75, 3.05) is 13.2 Å². The van der Waals surface area contributed by atoms with Gasteiger partial charge in [-0.3, -0.25) is 0 Å². The molecule has 3 rings (SSSR count). The summed E-state index contributed by atoms with van der Waals surface area (Å²) in [6.07, 6.45) is 7.43. The number of hydrogen-bond acceptors (Lipinski definition) is 2. The molecule has 2 nitrogen and oxygen atoms in total. The first-order chi connectivity index (χ1) is 10.2. The molecule has 1 aliphatic heterocycles. The van der Waals surface area contributed by atoms with E-state index >= 15 is 0 Å². The predicted octanol–water partition coefficient (Wildman–Crippen LogP) is 4.84. The third kappa shape index (κ3) is 3.35. The quantitative estimate of drug-likeness (QED) is 0.819. The van der Waals surface area contributed by atoms with Crippen molar-refractivity contribution in [3.05, 3.63) is 34.3 Å². The summed E-state index contributed by atoms with van der Waals surface area (Å²) in [5.74, 6) is 0.685. The van der Waals surface area contributed by atoms with Gasteiger partial charge in [-0.25, -0.2) is 0 Å². The van der Waals surface area contributed by atoms with E-state index in [0.29, 0.717) is 12.0 Å². The second kappa shape index (κ2) is 6.80. The molecule has 1 saturated heterocycles. The van der Waals surface area contributed by atoms with Crippen LogP contribution in [0.3, 0.4) is 0 Å². The highest BCUT2D eigenvalue weighted by molar-refractivity contribution is 9.10. The van der Waals surface area contributed by atoms with Crippen LogP contribution in [0, 0.1) is 5.92 Å². The van der Waals surface area contributed by atoms with Crippen LogP contribution in [-0.4, -0.2) is 18.8 Å². The van der Waals surface area contributed by atoms with Crippen LogP contribution in [0.25, 0.3) is 0 Å². The van der Waals surface area contributed by atoms with Gasteiger partial charge < -0.3 is 10.1 Å². The second-order valence-electron chi connectivity index (χ2n) is 6.59. The smallest absolute Gasteiger partial charge is 0.0686 e. The Kier molecular flexibility index (Phi) is 5.03. The van der Waals surface area contributed by atoms with Gasteiger partial charge in [-0.1, -0.05) is 41.1 Å². The Morgan fingerprint density at radius 2 is 2.19 bits per heavy atom. The first-order valence-corrected chi connectivity index (χ1v) is 9.15. The first kappa shape index (κ1) is 15.5. The van der Waals surface area contributed by atoms with Gasteiger partial charge in [0, 0.05) is 17.1 Å². The fourth-order valence-electron chi connectivity index (χ4n) is 3.83. The highest BCUT2D eigenvalue weighted by Crippen LogP contribution is 2.47. The van der Waals surface area contributed by atoms with E-state index in [0.717, 1.165) is 13.2 Å². The summed E-state index contributed by atoms with van der Waals surface area (Å²) in [6, 6.07) is 9.12. The van der Waals surface area contributed by atoms with Crippen molar-refractivity contribution in [3.8, 4) is 0 Å². The molecule has 0 bridgehead atoms. The first-order valence-electron chi connectivity index (χ1n) is 8.36. The third-order valence-corrected chi connectivity index (χ3v) is 5.84. The molecule has 1 aromatic carbocycles. The molecule has 0 aromatic heterocycles. The molecule has 3 heteroatoms. The zero-order valence-electron chi connectivity index (χ0n) is 12.9. The molecule has 1 N–H and O–H groups in total. The van der Waals surface area contributed by atoms with E-state index < -0.39 is 0 Å². The van der Waals surface area contributed by atoms with Crippen molar-refractivity contribution in [1.82, 2.24) is 5.32 Å². The topological polar surface area (TPSA) is 21.3 Å². The Morgan fingerprint density at radius 3 is 2.86 bits per heavy atom. The lowest BCUT2D eigenvalue weighted by atomic mass is 9.69. The maximum absolute atomic E-state index is 6.11. The number of ether oxygens (including phenoxy) is 1. The Bertz CT molecular complexity index is 472. The van der Waals surface area contributed by atoms with E-state index in [1.54, 1.807) is 0 Å².